The summed E-state index contributed by atoms with van der Waals surface area (Å²) in [5.41, 5.74) is 0. The van der Waals surface area contributed by atoms with Gasteiger partial charge in [0.05, 0.1) is 31.9 Å². The zero-order chi connectivity index (χ0) is 16.8. The van der Waals surface area contributed by atoms with Crippen molar-refractivity contribution in [2.24, 2.45) is 0 Å². The number of hydrogen-bond donors (Lipinski definition) is 2. The minimum atomic E-state index is -0.315. The molecular formula is C14H18N6O3S. The molecule has 2 amide bonds. The van der Waals surface area contributed by atoms with Crippen molar-refractivity contribution in [1.29, 1.82) is 0 Å². The first-order valence-corrected chi connectivity index (χ1v) is 8.32. The molecule has 24 heavy (non-hydrogen) atoms. The molecule has 1 aliphatic heterocycles. The van der Waals surface area contributed by atoms with Gasteiger partial charge in [-0.15, -0.1) is 11.3 Å². The summed E-state index contributed by atoms with van der Waals surface area (Å²) in [6, 6.07) is 3.60. The van der Waals surface area contributed by atoms with Gasteiger partial charge >= 0.3 is 12.0 Å². The van der Waals surface area contributed by atoms with E-state index in [0.29, 0.717) is 38.1 Å². The number of methoxy groups -OCH3 is 1. The Balaban J connectivity index is 1.64. The number of rotatable bonds is 5. The Morgan fingerprint density at radius 2 is 2.21 bits per heavy atom. The van der Waals surface area contributed by atoms with Gasteiger partial charge in [-0.25, -0.2) is 4.79 Å². The Bertz CT molecular complexity index is 675. The first-order chi connectivity index (χ1) is 11.7. The van der Waals surface area contributed by atoms with E-state index >= 15 is 0 Å². The molecule has 0 saturated carbocycles. The molecule has 1 fully saturated rings. The van der Waals surface area contributed by atoms with Crippen molar-refractivity contribution in [3.8, 4) is 6.01 Å². The van der Waals surface area contributed by atoms with Gasteiger partial charge in [-0.2, -0.15) is 15.0 Å². The van der Waals surface area contributed by atoms with Crippen molar-refractivity contribution in [2.45, 2.75) is 6.54 Å². The standard InChI is InChI=1S/C14H18N6O3S/c1-22-14-17-10(9-15-13(21)18-11-3-2-8-24-11)16-12(19-14)20-4-6-23-7-5-20/h2-3,8H,4-7,9H2,1H3,(H2,15,18,21). The third kappa shape index (κ3) is 4.30. The molecule has 2 aromatic rings. The number of urea groups is 1. The van der Waals surface area contributed by atoms with Crippen molar-refractivity contribution in [3.05, 3.63) is 23.3 Å². The molecule has 1 saturated heterocycles. The zero-order valence-electron chi connectivity index (χ0n) is 13.2. The number of hydrogen-bond acceptors (Lipinski definition) is 8. The van der Waals surface area contributed by atoms with Gasteiger partial charge in [-0.3, -0.25) is 5.32 Å². The van der Waals surface area contributed by atoms with Crippen molar-refractivity contribution >= 4 is 28.3 Å². The smallest absolute Gasteiger partial charge is 0.321 e. The van der Waals surface area contributed by atoms with Gasteiger partial charge in [0.2, 0.25) is 5.95 Å². The van der Waals surface area contributed by atoms with Gasteiger partial charge in [0.1, 0.15) is 0 Å². The van der Waals surface area contributed by atoms with Crippen LogP contribution in [-0.4, -0.2) is 54.4 Å². The van der Waals surface area contributed by atoms with Gasteiger partial charge in [0.25, 0.3) is 0 Å². The average molecular weight is 350 g/mol. The van der Waals surface area contributed by atoms with Crippen LogP contribution >= 0.6 is 11.3 Å². The first-order valence-electron chi connectivity index (χ1n) is 7.44. The molecule has 1 aliphatic rings. The summed E-state index contributed by atoms with van der Waals surface area (Å²) in [7, 11) is 1.50. The van der Waals surface area contributed by atoms with Crippen LogP contribution in [0, 0.1) is 0 Å². The van der Waals surface area contributed by atoms with Gasteiger partial charge < -0.3 is 19.7 Å². The number of morpholine rings is 1. The van der Waals surface area contributed by atoms with Crippen molar-refractivity contribution in [3.63, 3.8) is 0 Å². The molecule has 0 unspecified atom stereocenters. The van der Waals surface area contributed by atoms with E-state index in [-0.39, 0.29) is 18.6 Å². The Labute approximate surface area is 143 Å². The molecule has 3 heterocycles. The average Bonchev–Trinajstić information content (AvgIpc) is 3.13. The Morgan fingerprint density at radius 1 is 1.38 bits per heavy atom. The van der Waals surface area contributed by atoms with Gasteiger partial charge in [-0.05, 0) is 17.5 Å². The Hall–Kier alpha value is -2.46. The highest BCUT2D eigenvalue weighted by atomic mass is 32.1. The van der Waals surface area contributed by atoms with Crippen molar-refractivity contribution in [1.82, 2.24) is 20.3 Å². The molecule has 3 rings (SSSR count). The van der Waals surface area contributed by atoms with Crippen LogP contribution in [0.5, 0.6) is 6.01 Å². The van der Waals surface area contributed by atoms with E-state index in [2.05, 4.69) is 25.6 Å². The fourth-order valence-corrected chi connectivity index (χ4v) is 2.74. The first kappa shape index (κ1) is 16.4. The number of aromatic nitrogens is 3. The lowest BCUT2D eigenvalue weighted by atomic mass is 10.4. The topological polar surface area (TPSA) is 102 Å². The molecule has 0 spiro atoms. The van der Waals surface area contributed by atoms with Gasteiger partial charge in [0, 0.05) is 13.1 Å². The summed E-state index contributed by atoms with van der Waals surface area (Å²) < 4.78 is 10.5. The highest BCUT2D eigenvalue weighted by Gasteiger charge is 2.17. The molecule has 0 atom stereocenters. The molecule has 0 bridgehead atoms. The monoisotopic (exact) mass is 350 g/mol. The third-order valence-electron chi connectivity index (χ3n) is 3.29. The van der Waals surface area contributed by atoms with Crippen LogP contribution in [0.1, 0.15) is 5.82 Å². The highest BCUT2D eigenvalue weighted by Crippen LogP contribution is 2.15. The molecule has 0 aliphatic carbocycles. The van der Waals surface area contributed by atoms with Crippen LogP contribution in [0.25, 0.3) is 0 Å². The zero-order valence-corrected chi connectivity index (χ0v) is 14.0. The molecule has 2 aromatic heterocycles. The number of nitrogens with zero attached hydrogens (tertiary/aromatic N) is 4. The quantitative estimate of drug-likeness (QED) is 0.832. The second-order valence-electron chi connectivity index (χ2n) is 4.92. The van der Waals surface area contributed by atoms with E-state index in [1.165, 1.54) is 18.4 Å². The van der Waals surface area contributed by atoms with Crippen LogP contribution in [0.3, 0.4) is 0 Å². The largest absolute Gasteiger partial charge is 0.467 e. The van der Waals surface area contributed by atoms with Gasteiger partial charge in [-0.1, -0.05) is 0 Å². The van der Waals surface area contributed by atoms with E-state index in [0.717, 1.165) is 5.00 Å². The minimum absolute atomic E-state index is 0.174. The SMILES string of the molecule is COc1nc(CNC(=O)Nc2cccs2)nc(N2CCOCC2)n1. The Kier molecular flexibility index (Phi) is 5.39. The van der Waals surface area contributed by atoms with E-state index < -0.39 is 0 Å². The maximum absolute atomic E-state index is 11.9. The lowest BCUT2D eigenvalue weighted by molar-refractivity contribution is 0.122. The number of thiophene rings is 1. The van der Waals surface area contributed by atoms with Crippen molar-refractivity contribution in [2.75, 3.05) is 43.6 Å². The lowest BCUT2D eigenvalue weighted by Gasteiger charge is -2.26. The highest BCUT2D eigenvalue weighted by molar-refractivity contribution is 7.14. The van der Waals surface area contributed by atoms with E-state index in [1.807, 2.05) is 22.4 Å². The summed E-state index contributed by atoms with van der Waals surface area (Å²) in [6.45, 7) is 2.85. The van der Waals surface area contributed by atoms with E-state index in [1.54, 1.807) is 0 Å². The molecule has 2 N–H and O–H groups in total. The molecule has 0 aromatic carbocycles. The fraction of sp³-hybridized carbons (Fsp3) is 0.429. The predicted molar refractivity (Wildman–Crippen MR) is 89.6 cm³/mol. The number of carbonyl (C=O) groups excluding carboxylic acids is 1. The third-order valence-corrected chi connectivity index (χ3v) is 4.08. The maximum atomic E-state index is 11.9. The second-order valence-corrected chi connectivity index (χ2v) is 5.87. The molecule has 0 radical (unpaired) electrons. The normalized spacial score (nSPS) is 14.3. The predicted octanol–water partition coefficient (Wildman–Crippen LogP) is 1.10. The number of nitrogens with one attached hydrogen (secondary N) is 2. The Morgan fingerprint density at radius 3 is 2.92 bits per heavy atom. The minimum Gasteiger partial charge on any atom is -0.467 e. The fourth-order valence-electron chi connectivity index (χ4n) is 2.13. The molecule has 9 nitrogen and oxygen atoms in total. The number of amides is 2. The van der Waals surface area contributed by atoms with Crippen LogP contribution in [0.4, 0.5) is 15.7 Å². The van der Waals surface area contributed by atoms with E-state index in [9.17, 15) is 4.79 Å². The summed E-state index contributed by atoms with van der Waals surface area (Å²) >= 11 is 1.45. The summed E-state index contributed by atoms with van der Waals surface area (Å²) in [5.74, 6) is 0.963. The van der Waals surface area contributed by atoms with Crippen molar-refractivity contribution < 1.29 is 14.3 Å². The van der Waals surface area contributed by atoms with Crippen LogP contribution in [0.2, 0.25) is 0 Å². The summed E-state index contributed by atoms with van der Waals surface area (Å²) in [6.07, 6.45) is 0. The molecular weight excluding hydrogens is 332 g/mol. The van der Waals surface area contributed by atoms with Gasteiger partial charge in [0.15, 0.2) is 5.82 Å². The molecule has 128 valence electrons. The number of carbonyl (C=O) groups is 1. The second kappa shape index (κ2) is 7.88. The van der Waals surface area contributed by atoms with Crippen LogP contribution < -0.4 is 20.3 Å². The van der Waals surface area contributed by atoms with Crippen LogP contribution in [0.15, 0.2) is 17.5 Å². The maximum Gasteiger partial charge on any atom is 0.321 e. The summed E-state index contributed by atoms with van der Waals surface area (Å²) in [4.78, 5) is 26.7. The summed E-state index contributed by atoms with van der Waals surface area (Å²) in [5, 5.41) is 8.12. The van der Waals surface area contributed by atoms with E-state index in [4.69, 9.17) is 9.47 Å². The molecule has 10 heteroatoms. The lowest BCUT2D eigenvalue weighted by Crippen LogP contribution is -2.38. The number of anilines is 2. The van der Waals surface area contributed by atoms with Crippen LogP contribution in [-0.2, 0) is 11.3 Å². The number of ether oxygens (including phenoxy) is 2.